The van der Waals surface area contributed by atoms with E-state index in [4.69, 9.17) is 0 Å². The summed E-state index contributed by atoms with van der Waals surface area (Å²) in [6.45, 7) is 2.67. The molecule has 8 heteroatoms. The van der Waals surface area contributed by atoms with Crippen molar-refractivity contribution in [3.63, 3.8) is 0 Å². The van der Waals surface area contributed by atoms with Crippen LogP contribution in [0.1, 0.15) is 5.69 Å². The molecule has 20 heavy (non-hydrogen) atoms. The van der Waals surface area contributed by atoms with Gasteiger partial charge in [-0.3, -0.25) is 0 Å². The van der Waals surface area contributed by atoms with E-state index >= 15 is 0 Å². The molecule has 1 N–H and O–H groups in total. The molecule has 0 amide bonds. The molecule has 0 aliphatic carbocycles. The third kappa shape index (κ3) is 3.40. The Morgan fingerprint density at radius 2 is 2.10 bits per heavy atom. The number of nitrogens with one attached hydrogen (secondary N) is 1. The SMILES string of the molecule is Cc1nc2cccnc2nc1NCCN(C)S(C)(=O)=O. The van der Waals surface area contributed by atoms with E-state index in [0.29, 0.717) is 24.6 Å². The number of nitrogens with zero attached hydrogens (tertiary/aromatic N) is 4. The van der Waals surface area contributed by atoms with Crippen LogP contribution < -0.4 is 5.32 Å². The second kappa shape index (κ2) is 5.68. The Morgan fingerprint density at radius 3 is 2.80 bits per heavy atom. The van der Waals surface area contributed by atoms with Gasteiger partial charge < -0.3 is 5.32 Å². The molecule has 0 aliphatic heterocycles. The summed E-state index contributed by atoms with van der Waals surface area (Å²) in [7, 11) is -1.62. The molecule has 2 rings (SSSR count). The molecule has 2 aromatic heterocycles. The van der Waals surface area contributed by atoms with Crippen molar-refractivity contribution >= 4 is 27.0 Å². The van der Waals surface area contributed by atoms with E-state index in [1.165, 1.54) is 17.6 Å². The molecule has 2 aromatic rings. The number of fused-ring (bicyclic) bond motifs is 1. The van der Waals surface area contributed by atoms with Crippen molar-refractivity contribution in [2.75, 3.05) is 31.7 Å². The third-order valence-corrected chi connectivity index (χ3v) is 4.21. The minimum atomic E-state index is -3.16. The van der Waals surface area contributed by atoms with Crippen molar-refractivity contribution < 1.29 is 8.42 Å². The Bertz CT molecular complexity index is 717. The summed E-state index contributed by atoms with van der Waals surface area (Å²) in [6, 6.07) is 3.66. The fourth-order valence-corrected chi connectivity index (χ4v) is 2.07. The van der Waals surface area contributed by atoms with Gasteiger partial charge in [-0.25, -0.2) is 27.7 Å². The molecule has 0 saturated heterocycles. The maximum Gasteiger partial charge on any atom is 0.211 e. The number of aryl methyl sites for hydroxylation is 1. The van der Waals surface area contributed by atoms with E-state index in [-0.39, 0.29) is 0 Å². The van der Waals surface area contributed by atoms with Crippen LogP contribution in [0.3, 0.4) is 0 Å². The minimum Gasteiger partial charge on any atom is -0.367 e. The van der Waals surface area contributed by atoms with Crippen molar-refractivity contribution in [1.82, 2.24) is 19.3 Å². The van der Waals surface area contributed by atoms with Crippen LogP contribution in [0.5, 0.6) is 0 Å². The molecule has 0 atom stereocenters. The number of rotatable bonds is 5. The predicted octanol–water partition coefficient (Wildman–Crippen LogP) is 0.637. The first-order valence-corrected chi connectivity index (χ1v) is 7.97. The Morgan fingerprint density at radius 1 is 1.35 bits per heavy atom. The lowest BCUT2D eigenvalue weighted by Crippen LogP contribution is -2.30. The summed E-state index contributed by atoms with van der Waals surface area (Å²) in [4.78, 5) is 12.9. The smallest absolute Gasteiger partial charge is 0.211 e. The Hall–Kier alpha value is -1.80. The summed E-state index contributed by atoms with van der Waals surface area (Å²) in [6.07, 6.45) is 2.84. The maximum atomic E-state index is 11.3. The fourth-order valence-electron chi connectivity index (χ4n) is 1.65. The third-order valence-electron chi connectivity index (χ3n) is 2.90. The Labute approximate surface area is 118 Å². The number of pyridine rings is 1. The lowest BCUT2D eigenvalue weighted by Gasteiger charge is -2.15. The highest BCUT2D eigenvalue weighted by Crippen LogP contribution is 2.13. The second-order valence-electron chi connectivity index (χ2n) is 4.52. The molecule has 0 radical (unpaired) electrons. The van der Waals surface area contributed by atoms with Crippen LogP contribution in [0.4, 0.5) is 5.82 Å². The normalized spacial score (nSPS) is 12.0. The molecule has 0 fully saturated rings. The zero-order valence-corrected chi connectivity index (χ0v) is 12.5. The Kier molecular flexibility index (Phi) is 4.15. The van der Waals surface area contributed by atoms with Crippen LogP contribution >= 0.6 is 0 Å². The van der Waals surface area contributed by atoms with Crippen LogP contribution in [-0.2, 0) is 10.0 Å². The zero-order valence-electron chi connectivity index (χ0n) is 11.7. The van der Waals surface area contributed by atoms with Gasteiger partial charge >= 0.3 is 0 Å². The highest BCUT2D eigenvalue weighted by molar-refractivity contribution is 7.88. The van der Waals surface area contributed by atoms with Crippen LogP contribution in [0.2, 0.25) is 0 Å². The van der Waals surface area contributed by atoms with Gasteiger partial charge in [0.2, 0.25) is 10.0 Å². The van der Waals surface area contributed by atoms with Gasteiger partial charge in [-0.15, -0.1) is 0 Å². The molecule has 0 bridgehead atoms. The van der Waals surface area contributed by atoms with Gasteiger partial charge in [-0.05, 0) is 19.1 Å². The number of aromatic nitrogens is 3. The first-order valence-electron chi connectivity index (χ1n) is 6.12. The van der Waals surface area contributed by atoms with Gasteiger partial charge in [0.1, 0.15) is 11.3 Å². The van der Waals surface area contributed by atoms with Crippen LogP contribution in [0.15, 0.2) is 18.3 Å². The molecule has 0 aliphatic rings. The highest BCUT2D eigenvalue weighted by Gasteiger charge is 2.11. The topological polar surface area (TPSA) is 88.1 Å². The summed E-state index contributed by atoms with van der Waals surface area (Å²) >= 11 is 0. The number of hydrogen-bond acceptors (Lipinski definition) is 6. The molecule has 108 valence electrons. The first-order chi connectivity index (χ1) is 9.38. The lowest BCUT2D eigenvalue weighted by atomic mass is 10.3. The predicted molar refractivity (Wildman–Crippen MR) is 78.0 cm³/mol. The molecule has 0 saturated carbocycles. The molecule has 0 unspecified atom stereocenters. The van der Waals surface area contributed by atoms with Crippen LogP contribution in [0.25, 0.3) is 11.2 Å². The van der Waals surface area contributed by atoms with E-state index in [9.17, 15) is 8.42 Å². The lowest BCUT2D eigenvalue weighted by molar-refractivity contribution is 0.486. The average molecular weight is 295 g/mol. The highest BCUT2D eigenvalue weighted by atomic mass is 32.2. The van der Waals surface area contributed by atoms with Crippen LogP contribution in [0, 0.1) is 6.92 Å². The quantitative estimate of drug-likeness (QED) is 0.870. The van der Waals surface area contributed by atoms with Gasteiger partial charge in [-0.2, -0.15) is 0 Å². The summed E-state index contributed by atoms with van der Waals surface area (Å²) in [5.74, 6) is 0.623. The molecular weight excluding hydrogens is 278 g/mol. The molecule has 2 heterocycles. The largest absolute Gasteiger partial charge is 0.367 e. The summed E-state index contributed by atoms with van der Waals surface area (Å²) in [5, 5.41) is 3.09. The number of hydrogen-bond donors (Lipinski definition) is 1. The molecule has 0 spiro atoms. The van der Waals surface area contributed by atoms with E-state index < -0.39 is 10.0 Å². The standard InChI is InChI=1S/C12H17N5O2S/c1-9-11(14-7-8-17(2)20(3,18)19)16-12-10(15-9)5-4-6-13-12/h4-6H,7-8H2,1-3H3,(H,13,14,16). The average Bonchev–Trinajstić information content (AvgIpc) is 2.38. The summed E-state index contributed by atoms with van der Waals surface area (Å²) < 4.78 is 23.8. The van der Waals surface area contributed by atoms with Gasteiger partial charge in [0.25, 0.3) is 0 Å². The van der Waals surface area contributed by atoms with Gasteiger partial charge in [0.05, 0.1) is 11.9 Å². The molecule has 0 aromatic carbocycles. The van der Waals surface area contributed by atoms with Crippen molar-refractivity contribution in [2.45, 2.75) is 6.92 Å². The van der Waals surface area contributed by atoms with Crippen molar-refractivity contribution in [2.24, 2.45) is 0 Å². The van der Waals surface area contributed by atoms with Crippen molar-refractivity contribution in [3.8, 4) is 0 Å². The van der Waals surface area contributed by atoms with Crippen LogP contribution in [-0.4, -0.2) is 54.1 Å². The minimum absolute atomic E-state index is 0.361. The zero-order chi connectivity index (χ0) is 14.8. The summed E-state index contributed by atoms with van der Waals surface area (Å²) in [5.41, 5.74) is 2.06. The van der Waals surface area contributed by atoms with E-state index in [1.807, 2.05) is 19.1 Å². The second-order valence-corrected chi connectivity index (χ2v) is 6.60. The maximum absolute atomic E-state index is 11.3. The van der Waals surface area contributed by atoms with E-state index in [0.717, 1.165) is 11.2 Å². The van der Waals surface area contributed by atoms with Crippen molar-refractivity contribution in [1.29, 1.82) is 0 Å². The van der Waals surface area contributed by atoms with Gasteiger partial charge in [-0.1, -0.05) is 0 Å². The van der Waals surface area contributed by atoms with E-state index in [2.05, 4.69) is 20.3 Å². The van der Waals surface area contributed by atoms with Crippen molar-refractivity contribution in [3.05, 3.63) is 24.0 Å². The number of sulfonamides is 1. The molecular formula is C12H17N5O2S. The Balaban J connectivity index is 2.08. The molecule has 7 nitrogen and oxygen atoms in total. The van der Waals surface area contributed by atoms with Gasteiger partial charge in [0, 0.05) is 26.3 Å². The fraction of sp³-hybridized carbons (Fsp3) is 0.417. The monoisotopic (exact) mass is 295 g/mol. The van der Waals surface area contributed by atoms with E-state index in [1.54, 1.807) is 6.20 Å². The van der Waals surface area contributed by atoms with Gasteiger partial charge in [0.15, 0.2) is 5.65 Å². The first kappa shape index (κ1) is 14.6. The number of anilines is 1. The number of likely N-dealkylation sites (N-methyl/N-ethyl adjacent to an activating group) is 1.